The van der Waals surface area contributed by atoms with E-state index < -0.39 is 6.17 Å². The predicted octanol–water partition coefficient (Wildman–Crippen LogP) is 10.7. The summed E-state index contributed by atoms with van der Waals surface area (Å²) in [6.45, 7) is 4.54. The molecule has 4 aromatic carbocycles. The van der Waals surface area contributed by atoms with Gasteiger partial charge in [0, 0.05) is 54.8 Å². The van der Waals surface area contributed by atoms with Crippen LogP contribution in [0.4, 0.5) is 21.6 Å². The molecular weight excluding hydrogens is 550 g/mol. The average molecular weight is 578 g/mol. The minimum absolute atomic E-state index is 0.265. The second-order valence-electron chi connectivity index (χ2n) is 11.6. The van der Waals surface area contributed by atoms with E-state index in [0.717, 1.165) is 34.0 Å². The van der Waals surface area contributed by atoms with Gasteiger partial charge in [-0.15, -0.1) is 11.3 Å². The molecule has 0 saturated heterocycles. The maximum absolute atomic E-state index is 16.4. The van der Waals surface area contributed by atoms with E-state index in [1.54, 1.807) is 17.5 Å². The van der Waals surface area contributed by atoms with Crippen molar-refractivity contribution in [2.75, 3.05) is 4.90 Å². The van der Waals surface area contributed by atoms with E-state index in [1.165, 1.54) is 25.7 Å². The molecule has 1 aliphatic heterocycles. The number of nitrogens with zero attached hydrogens (tertiary/aromatic N) is 3. The van der Waals surface area contributed by atoms with Gasteiger partial charge < -0.3 is 0 Å². The number of anilines is 3. The standard InChI is InChI=1S/C38H28FN3S/c1-38(2)29-18-19-33-34(28-14-3-4-17-32(28)43-33)36(29)42(37-30(38)15-9-21-41-37)27-13-8-12-26(23-27)35(39)25-11-7-10-24(22-25)31-16-5-6-20-40-31/h3-23,35H,1-2H3. The molecular formula is C38H28FN3S. The van der Waals surface area contributed by atoms with Crippen LogP contribution in [-0.2, 0) is 5.41 Å². The van der Waals surface area contributed by atoms with Gasteiger partial charge >= 0.3 is 0 Å². The molecule has 208 valence electrons. The molecule has 0 spiro atoms. The second-order valence-corrected chi connectivity index (χ2v) is 12.6. The van der Waals surface area contributed by atoms with Gasteiger partial charge in [-0.3, -0.25) is 9.88 Å². The largest absolute Gasteiger partial charge is 0.294 e. The maximum atomic E-state index is 16.4. The molecule has 43 heavy (non-hydrogen) atoms. The van der Waals surface area contributed by atoms with Gasteiger partial charge in [0.1, 0.15) is 5.82 Å². The molecule has 3 nitrogen and oxygen atoms in total. The quantitative estimate of drug-likeness (QED) is 0.208. The van der Waals surface area contributed by atoms with Crippen molar-refractivity contribution in [2.24, 2.45) is 0 Å². The number of fused-ring (bicyclic) bond motifs is 6. The molecule has 4 heterocycles. The predicted molar refractivity (Wildman–Crippen MR) is 177 cm³/mol. The van der Waals surface area contributed by atoms with Crippen LogP contribution in [0.15, 0.2) is 128 Å². The zero-order chi connectivity index (χ0) is 29.1. The number of halogens is 1. The molecule has 1 aliphatic rings. The number of aromatic nitrogens is 2. The Labute approximate surface area is 253 Å². The highest BCUT2D eigenvalue weighted by Crippen LogP contribution is 2.55. The van der Waals surface area contributed by atoms with Crippen molar-refractivity contribution in [1.29, 1.82) is 0 Å². The third kappa shape index (κ3) is 4.07. The van der Waals surface area contributed by atoms with Crippen LogP contribution in [0.25, 0.3) is 31.4 Å². The fraction of sp³-hybridized carbons (Fsp3) is 0.105. The first kappa shape index (κ1) is 25.8. The van der Waals surface area contributed by atoms with Crippen molar-refractivity contribution < 1.29 is 4.39 Å². The Hall–Kier alpha value is -4.87. The van der Waals surface area contributed by atoms with Crippen LogP contribution in [0.3, 0.4) is 0 Å². The fourth-order valence-corrected chi connectivity index (χ4v) is 7.61. The Bertz CT molecular complexity index is 2150. The highest BCUT2D eigenvalue weighted by molar-refractivity contribution is 7.26. The summed E-state index contributed by atoms with van der Waals surface area (Å²) in [6.07, 6.45) is 2.31. The minimum Gasteiger partial charge on any atom is -0.294 e. The summed E-state index contributed by atoms with van der Waals surface area (Å²) in [5, 5.41) is 2.44. The first-order chi connectivity index (χ1) is 21.0. The number of rotatable bonds is 4. The van der Waals surface area contributed by atoms with Crippen LogP contribution < -0.4 is 4.90 Å². The smallest absolute Gasteiger partial charge is 0.150 e. The third-order valence-electron chi connectivity index (χ3n) is 8.65. The van der Waals surface area contributed by atoms with Crippen molar-refractivity contribution in [3.05, 3.63) is 150 Å². The zero-order valence-electron chi connectivity index (χ0n) is 23.8. The van der Waals surface area contributed by atoms with Gasteiger partial charge in [-0.05, 0) is 65.2 Å². The monoisotopic (exact) mass is 577 g/mol. The number of pyridine rings is 2. The van der Waals surface area contributed by atoms with Crippen molar-refractivity contribution >= 4 is 48.7 Å². The molecule has 5 heteroatoms. The van der Waals surface area contributed by atoms with Gasteiger partial charge in [0.2, 0.25) is 0 Å². The molecule has 0 aliphatic carbocycles. The summed E-state index contributed by atoms with van der Waals surface area (Å²) in [7, 11) is 0. The van der Waals surface area contributed by atoms with Crippen LogP contribution in [0.2, 0.25) is 0 Å². The normalized spacial score (nSPS) is 14.4. The third-order valence-corrected chi connectivity index (χ3v) is 9.78. The number of hydrogen-bond acceptors (Lipinski definition) is 4. The van der Waals surface area contributed by atoms with E-state index in [1.807, 2.05) is 72.9 Å². The molecule has 8 rings (SSSR count). The maximum Gasteiger partial charge on any atom is 0.150 e. The van der Waals surface area contributed by atoms with E-state index in [0.29, 0.717) is 11.1 Å². The molecule has 3 aromatic heterocycles. The van der Waals surface area contributed by atoms with E-state index in [4.69, 9.17) is 4.98 Å². The van der Waals surface area contributed by atoms with Gasteiger partial charge in [0.15, 0.2) is 6.17 Å². The minimum atomic E-state index is -1.30. The van der Waals surface area contributed by atoms with E-state index in [-0.39, 0.29) is 5.41 Å². The molecule has 0 radical (unpaired) electrons. The molecule has 0 amide bonds. The summed E-state index contributed by atoms with van der Waals surface area (Å²) >= 11 is 1.81. The Morgan fingerprint density at radius 1 is 0.698 bits per heavy atom. The number of alkyl halides is 1. The second kappa shape index (κ2) is 9.85. The van der Waals surface area contributed by atoms with Gasteiger partial charge in [-0.2, -0.15) is 0 Å². The van der Waals surface area contributed by atoms with Crippen molar-refractivity contribution in [1.82, 2.24) is 9.97 Å². The average Bonchev–Trinajstić information content (AvgIpc) is 3.44. The van der Waals surface area contributed by atoms with E-state index >= 15 is 4.39 Å². The highest BCUT2D eigenvalue weighted by atomic mass is 32.1. The van der Waals surface area contributed by atoms with Gasteiger partial charge in [-0.1, -0.05) is 80.6 Å². The van der Waals surface area contributed by atoms with Gasteiger partial charge in [0.25, 0.3) is 0 Å². The summed E-state index contributed by atoms with van der Waals surface area (Å²) in [4.78, 5) is 11.7. The number of benzene rings is 4. The summed E-state index contributed by atoms with van der Waals surface area (Å²) in [5.74, 6) is 0.882. The Kier molecular flexibility index (Phi) is 5.92. The summed E-state index contributed by atoms with van der Waals surface area (Å²) < 4.78 is 18.9. The molecule has 1 atom stereocenters. The number of thiophene rings is 1. The lowest BCUT2D eigenvalue weighted by Crippen LogP contribution is -2.31. The summed E-state index contributed by atoms with van der Waals surface area (Å²) in [6, 6.07) is 38.5. The topological polar surface area (TPSA) is 29.0 Å². The fourth-order valence-electron chi connectivity index (χ4n) is 6.50. The Morgan fingerprint density at radius 3 is 2.35 bits per heavy atom. The summed E-state index contributed by atoms with van der Waals surface area (Å²) in [5.41, 5.74) is 7.05. The lowest BCUT2D eigenvalue weighted by molar-refractivity contribution is 0.402. The van der Waals surface area contributed by atoms with Crippen LogP contribution in [0.5, 0.6) is 0 Å². The molecule has 7 aromatic rings. The SMILES string of the molecule is CC1(C)c2cccnc2N(c2cccc(C(F)c3cccc(-c4ccccn4)c3)c2)c2c1ccc1sc3ccccc3c21. The molecule has 0 bridgehead atoms. The van der Waals surface area contributed by atoms with Crippen molar-refractivity contribution in [3.8, 4) is 11.3 Å². The van der Waals surface area contributed by atoms with Gasteiger partial charge in [-0.25, -0.2) is 9.37 Å². The van der Waals surface area contributed by atoms with Crippen LogP contribution in [-0.4, -0.2) is 9.97 Å². The molecule has 0 N–H and O–H groups in total. The van der Waals surface area contributed by atoms with E-state index in [9.17, 15) is 0 Å². The zero-order valence-corrected chi connectivity index (χ0v) is 24.6. The first-order valence-electron chi connectivity index (χ1n) is 14.5. The van der Waals surface area contributed by atoms with Gasteiger partial charge in [0.05, 0.1) is 11.4 Å². The molecule has 0 fully saturated rings. The molecule has 0 saturated carbocycles. The lowest BCUT2D eigenvalue weighted by Gasteiger charge is -2.41. The molecule has 1 unspecified atom stereocenters. The van der Waals surface area contributed by atoms with Crippen LogP contribution >= 0.6 is 11.3 Å². The van der Waals surface area contributed by atoms with Crippen LogP contribution in [0.1, 0.15) is 42.3 Å². The highest BCUT2D eigenvalue weighted by Gasteiger charge is 2.39. The van der Waals surface area contributed by atoms with E-state index in [2.05, 4.69) is 72.3 Å². The lowest BCUT2D eigenvalue weighted by atomic mass is 9.74. The number of hydrogen-bond donors (Lipinski definition) is 0. The van der Waals surface area contributed by atoms with Crippen molar-refractivity contribution in [2.45, 2.75) is 25.4 Å². The first-order valence-corrected chi connectivity index (χ1v) is 15.3. The van der Waals surface area contributed by atoms with Crippen molar-refractivity contribution in [3.63, 3.8) is 0 Å². The Balaban J connectivity index is 1.32. The van der Waals surface area contributed by atoms with Crippen LogP contribution in [0, 0.1) is 0 Å². The Morgan fingerprint density at radius 2 is 1.49 bits per heavy atom.